The largest absolute Gasteiger partial charge is 0.296 e. The minimum Gasteiger partial charge on any atom is -0.296 e. The number of nitrogens with zero attached hydrogens (tertiary/aromatic N) is 1. The minimum atomic E-state index is 0.630. The van der Waals surface area contributed by atoms with Gasteiger partial charge in [-0.15, -0.1) is 11.3 Å². The monoisotopic (exact) mass is 261 g/mol. The van der Waals surface area contributed by atoms with Crippen LogP contribution in [0.15, 0.2) is 15.9 Å². The second kappa shape index (κ2) is 5.13. The van der Waals surface area contributed by atoms with Gasteiger partial charge in [0.15, 0.2) is 0 Å². The van der Waals surface area contributed by atoms with Crippen molar-refractivity contribution in [2.24, 2.45) is 0 Å². The van der Waals surface area contributed by atoms with Gasteiger partial charge in [-0.05, 0) is 42.4 Å². The molecule has 0 aromatic carbocycles. The lowest BCUT2D eigenvalue weighted by molar-refractivity contribution is 0.227. The fourth-order valence-electron chi connectivity index (χ4n) is 1.30. The van der Waals surface area contributed by atoms with Gasteiger partial charge in [0.05, 0.1) is 0 Å². The summed E-state index contributed by atoms with van der Waals surface area (Å²) in [5.74, 6) is 0. The molecule has 0 radical (unpaired) electrons. The molecular weight excluding hydrogens is 246 g/mol. The van der Waals surface area contributed by atoms with Crippen LogP contribution in [0.25, 0.3) is 0 Å². The van der Waals surface area contributed by atoms with Crippen molar-refractivity contribution >= 4 is 27.3 Å². The highest BCUT2D eigenvalue weighted by Crippen LogP contribution is 2.21. The molecule has 0 unspecified atom stereocenters. The van der Waals surface area contributed by atoms with Crippen molar-refractivity contribution in [1.82, 2.24) is 4.90 Å². The molecule has 1 aromatic heterocycles. The molecule has 1 rings (SSSR count). The molecule has 0 N–H and O–H groups in total. The highest BCUT2D eigenvalue weighted by Gasteiger charge is 2.08. The van der Waals surface area contributed by atoms with E-state index in [4.69, 9.17) is 0 Å². The Morgan fingerprint density at radius 3 is 2.62 bits per heavy atom. The Morgan fingerprint density at radius 1 is 1.54 bits per heavy atom. The summed E-state index contributed by atoms with van der Waals surface area (Å²) < 4.78 is 1.20. The topological polar surface area (TPSA) is 3.24 Å². The number of thiophene rings is 1. The summed E-state index contributed by atoms with van der Waals surface area (Å²) in [5.41, 5.74) is 0. The molecule has 13 heavy (non-hydrogen) atoms. The fraction of sp³-hybridized carbons (Fsp3) is 0.600. The van der Waals surface area contributed by atoms with E-state index < -0.39 is 0 Å². The molecule has 0 atom stereocenters. The van der Waals surface area contributed by atoms with Crippen LogP contribution in [-0.4, -0.2) is 17.5 Å². The van der Waals surface area contributed by atoms with Crippen molar-refractivity contribution in [3.05, 3.63) is 20.8 Å². The number of halogens is 1. The first-order chi connectivity index (χ1) is 6.13. The van der Waals surface area contributed by atoms with Crippen LogP contribution in [0.3, 0.4) is 0 Å². The smallest absolute Gasteiger partial charge is 0.0330 e. The molecule has 74 valence electrons. The molecule has 0 aliphatic carbocycles. The predicted octanol–water partition coefficient (Wildman–Crippen LogP) is 3.74. The van der Waals surface area contributed by atoms with E-state index in [2.05, 4.69) is 53.0 Å². The maximum absolute atomic E-state index is 3.47. The van der Waals surface area contributed by atoms with Crippen LogP contribution < -0.4 is 0 Å². The van der Waals surface area contributed by atoms with Gasteiger partial charge in [0.25, 0.3) is 0 Å². The number of rotatable bonds is 4. The third-order valence-electron chi connectivity index (χ3n) is 2.12. The van der Waals surface area contributed by atoms with Crippen LogP contribution in [0.4, 0.5) is 0 Å². The van der Waals surface area contributed by atoms with E-state index in [0.717, 1.165) is 13.1 Å². The number of hydrogen-bond donors (Lipinski definition) is 0. The van der Waals surface area contributed by atoms with Crippen molar-refractivity contribution < 1.29 is 0 Å². The van der Waals surface area contributed by atoms with E-state index in [1.807, 2.05) is 11.3 Å². The van der Waals surface area contributed by atoms with Gasteiger partial charge in [-0.1, -0.05) is 6.92 Å². The molecule has 0 spiro atoms. The molecule has 0 aliphatic rings. The molecule has 3 heteroatoms. The minimum absolute atomic E-state index is 0.630. The highest BCUT2D eigenvalue weighted by atomic mass is 79.9. The van der Waals surface area contributed by atoms with Gasteiger partial charge < -0.3 is 0 Å². The van der Waals surface area contributed by atoms with E-state index in [-0.39, 0.29) is 0 Å². The van der Waals surface area contributed by atoms with Crippen LogP contribution in [0, 0.1) is 0 Å². The van der Waals surface area contributed by atoms with Gasteiger partial charge in [0.1, 0.15) is 0 Å². The average Bonchev–Trinajstić information content (AvgIpc) is 2.46. The molecule has 1 aromatic rings. The van der Waals surface area contributed by atoms with Crippen molar-refractivity contribution in [3.8, 4) is 0 Å². The number of hydrogen-bond acceptors (Lipinski definition) is 2. The molecule has 0 saturated heterocycles. The average molecular weight is 262 g/mol. The zero-order chi connectivity index (χ0) is 9.84. The van der Waals surface area contributed by atoms with Crippen LogP contribution in [0.2, 0.25) is 0 Å². The first-order valence-electron chi connectivity index (χ1n) is 4.60. The Kier molecular flexibility index (Phi) is 4.42. The van der Waals surface area contributed by atoms with Crippen molar-refractivity contribution in [1.29, 1.82) is 0 Å². The Morgan fingerprint density at radius 2 is 2.23 bits per heavy atom. The molecule has 1 nitrogen and oxygen atoms in total. The lowest BCUT2D eigenvalue weighted by Gasteiger charge is -2.23. The van der Waals surface area contributed by atoms with Crippen LogP contribution in [0.5, 0.6) is 0 Å². The normalized spacial score (nSPS) is 11.5. The third-order valence-corrected chi connectivity index (χ3v) is 3.80. The second-order valence-corrected chi connectivity index (χ2v) is 5.30. The molecule has 0 aliphatic heterocycles. The first-order valence-corrected chi connectivity index (χ1v) is 6.27. The van der Waals surface area contributed by atoms with Crippen LogP contribution in [0.1, 0.15) is 25.6 Å². The van der Waals surface area contributed by atoms with Gasteiger partial charge >= 0.3 is 0 Å². The second-order valence-electron chi connectivity index (χ2n) is 3.39. The van der Waals surface area contributed by atoms with E-state index in [1.165, 1.54) is 9.35 Å². The van der Waals surface area contributed by atoms with Gasteiger partial charge in [0, 0.05) is 27.3 Å². The van der Waals surface area contributed by atoms with E-state index in [9.17, 15) is 0 Å². The summed E-state index contributed by atoms with van der Waals surface area (Å²) >= 11 is 5.30. The molecular formula is C10H16BrNS. The Balaban J connectivity index is 2.56. The van der Waals surface area contributed by atoms with Crippen LogP contribution >= 0.6 is 27.3 Å². The zero-order valence-corrected chi connectivity index (χ0v) is 10.8. The summed E-state index contributed by atoms with van der Waals surface area (Å²) in [7, 11) is 0. The lowest BCUT2D eigenvalue weighted by atomic mass is 10.3. The molecule has 0 saturated carbocycles. The summed E-state index contributed by atoms with van der Waals surface area (Å²) in [4.78, 5) is 3.89. The first kappa shape index (κ1) is 11.2. The van der Waals surface area contributed by atoms with E-state index in [1.54, 1.807) is 0 Å². The van der Waals surface area contributed by atoms with Crippen molar-refractivity contribution in [3.63, 3.8) is 0 Å². The fourth-order valence-corrected chi connectivity index (χ4v) is 2.77. The Bertz CT molecular complexity index is 257. The van der Waals surface area contributed by atoms with Gasteiger partial charge in [-0.25, -0.2) is 0 Å². The van der Waals surface area contributed by atoms with E-state index >= 15 is 0 Å². The highest BCUT2D eigenvalue weighted by molar-refractivity contribution is 9.10. The predicted molar refractivity (Wildman–Crippen MR) is 63.2 cm³/mol. The van der Waals surface area contributed by atoms with Gasteiger partial charge in [0.2, 0.25) is 0 Å². The lowest BCUT2D eigenvalue weighted by Crippen LogP contribution is -2.29. The summed E-state index contributed by atoms with van der Waals surface area (Å²) in [6.45, 7) is 8.89. The van der Waals surface area contributed by atoms with E-state index in [0.29, 0.717) is 6.04 Å². The third kappa shape index (κ3) is 3.41. The molecule has 1 heterocycles. The molecule has 0 fully saturated rings. The maximum Gasteiger partial charge on any atom is 0.0330 e. The quantitative estimate of drug-likeness (QED) is 0.799. The van der Waals surface area contributed by atoms with Gasteiger partial charge in [-0.2, -0.15) is 0 Å². The van der Waals surface area contributed by atoms with Gasteiger partial charge in [-0.3, -0.25) is 4.90 Å². The molecule has 0 bridgehead atoms. The summed E-state index contributed by atoms with van der Waals surface area (Å²) in [6.07, 6.45) is 0. The standard InChI is InChI=1S/C10H16BrNS/c1-4-12(8(2)3)6-10-5-9(11)7-13-10/h5,7-8H,4,6H2,1-3H3. The van der Waals surface area contributed by atoms with Crippen molar-refractivity contribution in [2.75, 3.05) is 6.54 Å². The summed E-state index contributed by atoms with van der Waals surface area (Å²) in [5, 5.41) is 2.14. The van der Waals surface area contributed by atoms with Crippen molar-refractivity contribution in [2.45, 2.75) is 33.4 Å². The maximum atomic E-state index is 3.47. The Labute approximate surface area is 92.9 Å². The SMILES string of the molecule is CCN(Cc1cc(Br)cs1)C(C)C. The Hall–Kier alpha value is 0.140. The summed E-state index contributed by atoms with van der Waals surface area (Å²) in [6, 6.07) is 2.83. The van der Waals surface area contributed by atoms with Crippen LogP contribution in [-0.2, 0) is 6.54 Å². The zero-order valence-electron chi connectivity index (χ0n) is 8.38. The molecule has 0 amide bonds.